The van der Waals surface area contributed by atoms with Gasteiger partial charge in [-0.15, -0.1) is 0 Å². The van der Waals surface area contributed by atoms with E-state index in [0.29, 0.717) is 11.6 Å². The molecule has 3 rings (SSSR count). The molecule has 0 saturated carbocycles. The van der Waals surface area contributed by atoms with Crippen LogP contribution in [-0.2, 0) is 10.2 Å². The van der Waals surface area contributed by atoms with Gasteiger partial charge in [-0.25, -0.2) is 4.98 Å². The smallest absolute Gasteiger partial charge is 0.232 e. The van der Waals surface area contributed by atoms with E-state index in [9.17, 15) is 4.79 Å². The Morgan fingerprint density at radius 1 is 1.11 bits per heavy atom. The third kappa shape index (κ3) is 4.34. The first-order valence-electron chi connectivity index (χ1n) is 8.84. The fourth-order valence-electron chi connectivity index (χ4n) is 2.61. The van der Waals surface area contributed by atoms with E-state index in [2.05, 4.69) is 15.5 Å². The fraction of sp³-hybridized carbons (Fsp3) is 0.286. The number of aromatic nitrogens is 2. The van der Waals surface area contributed by atoms with E-state index in [1.807, 2.05) is 58.0 Å². The van der Waals surface area contributed by atoms with Gasteiger partial charge in [-0.05, 0) is 30.2 Å². The molecule has 6 heteroatoms. The summed E-state index contributed by atoms with van der Waals surface area (Å²) in [4.78, 5) is 16.7. The molecular formula is C21H24N4O2. The highest BCUT2D eigenvalue weighted by Crippen LogP contribution is 2.26. The van der Waals surface area contributed by atoms with Crippen molar-refractivity contribution in [3.8, 4) is 11.1 Å². The molecule has 140 valence electrons. The van der Waals surface area contributed by atoms with Gasteiger partial charge in [-0.1, -0.05) is 50.2 Å². The number of carbonyl (C=O) groups is 1. The van der Waals surface area contributed by atoms with Crippen molar-refractivity contribution in [1.82, 2.24) is 10.1 Å². The van der Waals surface area contributed by atoms with Crippen LogP contribution < -0.4 is 11.1 Å². The number of nitrogen functional groups attached to an aromatic ring is 1. The fourth-order valence-corrected chi connectivity index (χ4v) is 2.61. The Balaban J connectivity index is 1.69. The minimum atomic E-state index is -0.321. The lowest BCUT2D eigenvalue weighted by molar-refractivity contribution is -0.117. The third-order valence-corrected chi connectivity index (χ3v) is 4.42. The predicted molar refractivity (Wildman–Crippen MR) is 106 cm³/mol. The number of hydrogen-bond acceptors (Lipinski definition) is 5. The maximum atomic E-state index is 12.5. The molecule has 0 aliphatic rings. The number of benzene rings is 1. The minimum absolute atomic E-state index is 0.134. The maximum absolute atomic E-state index is 12.5. The highest BCUT2D eigenvalue weighted by atomic mass is 16.5. The van der Waals surface area contributed by atoms with Gasteiger partial charge in [0.15, 0.2) is 5.82 Å². The Labute approximate surface area is 158 Å². The quantitative estimate of drug-likeness (QED) is 0.717. The van der Waals surface area contributed by atoms with Crippen LogP contribution >= 0.6 is 0 Å². The standard InChI is InChI=1S/C21H24N4O2/c1-13(20(26)24-19-11-17(27-25-19)21(2,3)4)14-5-7-15(8-6-14)16-9-10-18(22)23-12-16/h5-13H,1-4H3,(H2,22,23)(H,24,25,26). The van der Waals surface area contributed by atoms with Crippen molar-refractivity contribution in [2.24, 2.45) is 0 Å². The van der Waals surface area contributed by atoms with Crippen molar-refractivity contribution in [2.45, 2.75) is 39.0 Å². The number of anilines is 2. The molecule has 27 heavy (non-hydrogen) atoms. The van der Waals surface area contributed by atoms with Crippen molar-refractivity contribution in [2.75, 3.05) is 11.1 Å². The molecule has 0 aliphatic carbocycles. The van der Waals surface area contributed by atoms with Crippen LogP contribution in [0.5, 0.6) is 0 Å². The SMILES string of the molecule is CC(C(=O)Nc1cc(C(C)(C)C)on1)c1ccc(-c2ccc(N)nc2)cc1. The molecule has 0 radical (unpaired) electrons. The number of amides is 1. The van der Waals surface area contributed by atoms with Crippen molar-refractivity contribution >= 4 is 17.5 Å². The number of rotatable bonds is 4. The predicted octanol–water partition coefficient (Wildman–Crippen LogP) is 4.36. The monoisotopic (exact) mass is 364 g/mol. The average Bonchev–Trinajstić information content (AvgIpc) is 3.11. The second kappa shape index (κ2) is 7.23. The molecule has 0 aliphatic heterocycles. The summed E-state index contributed by atoms with van der Waals surface area (Å²) >= 11 is 0. The lowest BCUT2D eigenvalue weighted by Gasteiger charge is -2.13. The van der Waals surface area contributed by atoms with Crippen LogP contribution in [0.1, 0.15) is 44.9 Å². The Kier molecular flexibility index (Phi) is 4.99. The van der Waals surface area contributed by atoms with E-state index in [0.717, 1.165) is 22.5 Å². The normalized spacial score (nSPS) is 12.6. The zero-order chi connectivity index (χ0) is 19.6. The van der Waals surface area contributed by atoms with E-state index in [1.54, 1.807) is 18.3 Å². The molecule has 0 fully saturated rings. The number of hydrogen-bond donors (Lipinski definition) is 2. The number of nitrogens with two attached hydrogens (primary N) is 1. The van der Waals surface area contributed by atoms with Gasteiger partial charge >= 0.3 is 0 Å². The molecule has 2 aromatic heterocycles. The summed E-state index contributed by atoms with van der Waals surface area (Å²) in [5.41, 5.74) is 8.38. The van der Waals surface area contributed by atoms with Crippen LogP contribution in [0.2, 0.25) is 0 Å². The molecule has 1 unspecified atom stereocenters. The van der Waals surface area contributed by atoms with Crippen molar-refractivity contribution < 1.29 is 9.32 Å². The molecule has 1 amide bonds. The summed E-state index contributed by atoms with van der Waals surface area (Å²) in [6.07, 6.45) is 1.73. The van der Waals surface area contributed by atoms with E-state index in [1.165, 1.54) is 0 Å². The van der Waals surface area contributed by atoms with E-state index >= 15 is 0 Å². The van der Waals surface area contributed by atoms with Gasteiger partial charge in [0.2, 0.25) is 5.91 Å². The Morgan fingerprint density at radius 3 is 2.33 bits per heavy atom. The topological polar surface area (TPSA) is 94.0 Å². The number of carbonyl (C=O) groups excluding carboxylic acids is 1. The molecule has 3 aromatic rings. The molecule has 0 spiro atoms. The molecule has 0 bridgehead atoms. The van der Waals surface area contributed by atoms with Crippen LogP contribution in [0.25, 0.3) is 11.1 Å². The number of nitrogens with zero attached hydrogens (tertiary/aromatic N) is 2. The first kappa shape index (κ1) is 18.6. The minimum Gasteiger partial charge on any atom is -0.384 e. The van der Waals surface area contributed by atoms with Gasteiger partial charge in [-0.3, -0.25) is 4.79 Å². The van der Waals surface area contributed by atoms with Crippen LogP contribution in [0, 0.1) is 0 Å². The highest BCUT2D eigenvalue weighted by Gasteiger charge is 2.22. The average molecular weight is 364 g/mol. The van der Waals surface area contributed by atoms with Crippen molar-refractivity contribution in [3.63, 3.8) is 0 Å². The lowest BCUT2D eigenvalue weighted by Crippen LogP contribution is -2.19. The maximum Gasteiger partial charge on any atom is 0.232 e. The van der Waals surface area contributed by atoms with E-state index in [4.69, 9.17) is 10.3 Å². The van der Waals surface area contributed by atoms with E-state index < -0.39 is 0 Å². The Bertz CT molecular complexity index is 922. The summed E-state index contributed by atoms with van der Waals surface area (Å²) in [5, 5.41) is 6.75. The number of nitrogens with one attached hydrogen (secondary N) is 1. The highest BCUT2D eigenvalue weighted by molar-refractivity contribution is 5.94. The van der Waals surface area contributed by atoms with Gasteiger partial charge in [0.1, 0.15) is 11.6 Å². The van der Waals surface area contributed by atoms with Gasteiger partial charge < -0.3 is 15.6 Å². The van der Waals surface area contributed by atoms with Crippen LogP contribution in [-0.4, -0.2) is 16.0 Å². The second-order valence-corrected chi connectivity index (χ2v) is 7.63. The lowest BCUT2D eigenvalue weighted by atomic mass is 9.93. The second-order valence-electron chi connectivity index (χ2n) is 7.63. The van der Waals surface area contributed by atoms with Gasteiger partial charge in [-0.2, -0.15) is 0 Å². The first-order chi connectivity index (χ1) is 12.7. The molecule has 2 heterocycles. The summed E-state index contributed by atoms with van der Waals surface area (Å²) in [6, 6.07) is 13.3. The zero-order valence-electron chi connectivity index (χ0n) is 16.0. The molecule has 1 atom stereocenters. The largest absolute Gasteiger partial charge is 0.384 e. The molecule has 6 nitrogen and oxygen atoms in total. The third-order valence-electron chi connectivity index (χ3n) is 4.42. The van der Waals surface area contributed by atoms with Gasteiger partial charge in [0.05, 0.1) is 5.92 Å². The van der Waals surface area contributed by atoms with Crippen LogP contribution in [0.15, 0.2) is 53.2 Å². The van der Waals surface area contributed by atoms with Gasteiger partial charge in [0.25, 0.3) is 0 Å². The van der Waals surface area contributed by atoms with Gasteiger partial charge in [0, 0.05) is 23.2 Å². The molecule has 0 saturated heterocycles. The summed E-state index contributed by atoms with van der Waals surface area (Å²) < 4.78 is 5.31. The summed E-state index contributed by atoms with van der Waals surface area (Å²) in [7, 11) is 0. The Hall–Kier alpha value is -3.15. The van der Waals surface area contributed by atoms with Crippen molar-refractivity contribution in [3.05, 3.63) is 60.0 Å². The Morgan fingerprint density at radius 2 is 1.78 bits per heavy atom. The first-order valence-corrected chi connectivity index (χ1v) is 8.84. The molecule has 1 aromatic carbocycles. The van der Waals surface area contributed by atoms with E-state index in [-0.39, 0.29) is 17.2 Å². The van der Waals surface area contributed by atoms with Crippen LogP contribution in [0.4, 0.5) is 11.6 Å². The summed E-state index contributed by atoms with van der Waals surface area (Å²) in [6.45, 7) is 7.94. The summed E-state index contributed by atoms with van der Waals surface area (Å²) in [5.74, 6) is 1.19. The zero-order valence-corrected chi connectivity index (χ0v) is 16.0. The number of pyridine rings is 1. The van der Waals surface area contributed by atoms with Crippen LogP contribution in [0.3, 0.4) is 0 Å². The van der Waals surface area contributed by atoms with Crippen molar-refractivity contribution in [1.29, 1.82) is 0 Å². The molecule has 3 N–H and O–H groups in total. The molecular weight excluding hydrogens is 340 g/mol.